The van der Waals surface area contributed by atoms with Gasteiger partial charge in [-0.2, -0.15) is 0 Å². The van der Waals surface area contributed by atoms with Crippen molar-refractivity contribution in [1.82, 2.24) is 5.06 Å². The van der Waals surface area contributed by atoms with E-state index in [-0.39, 0.29) is 0 Å². The topological polar surface area (TPSA) is 95.3 Å². The second-order valence-corrected chi connectivity index (χ2v) is 9.81. The van der Waals surface area contributed by atoms with Crippen LogP contribution in [0.15, 0.2) is 65.7 Å². The molecule has 3 aromatic rings. The van der Waals surface area contributed by atoms with E-state index in [0.29, 0.717) is 12.4 Å². The third-order valence-corrected chi connectivity index (χ3v) is 7.42. The summed E-state index contributed by atoms with van der Waals surface area (Å²) in [6, 6.07) is 20.4. The average molecular weight is 471 g/mol. The van der Waals surface area contributed by atoms with Crippen LogP contribution in [0.5, 0.6) is 11.5 Å². The number of hydrogen-bond donors (Lipinski definition) is 2. The van der Waals surface area contributed by atoms with Crippen molar-refractivity contribution in [2.45, 2.75) is 43.4 Å². The quantitative estimate of drug-likeness (QED) is 0.540. The smallest absolute Gasteiger partial charge is 0.222 e. The first-order chi connectivity index (χ1) is 16.9. The van der Waals surface area contributed by atoms with E-state index in [1.165, 1.54) is 11.1 Å². The fourth-order valence-corrected chi connectivity index (χ4v) is 5.76. The van der Waals surface area contributed by atoms with Gasteiger partial charge in [0.1, 0.15) is 17.1 Å². The number of nitrogen functional groups attached to an aromatic ring is 1. The molecule has 2 atom stereocenters. The monoisotopic (exact) mass is 470 g/mol. The number of fused-ring (bicyclic) bond motifs is 3. The number of methoxy groups -OCH3 is 1. The van der Waals surface area contributed by atoms with Gasteiger partial charge in [0.05, 0.1) is 12.7 Å². The van der Waals surface area contributed by atoms with Gasteiger partial charge >= 0.3 is 0 Å². The highest BCUT2D eigenvalue weighted by molar-refractivity contribution is 5.79. The summed E-state index contributed by atoms with van der Waals surface area (Å²) in [6.45, 7) is 0. The van der Waals surface area contributed by atoms with Crippen molar-refractivity contribution >= 4 is 11.6 Å². The Morgan fingerprint density at radius 3 is 2.63 bits per heavy atom. The molecule has 1 aliphatic carbocycles. The van der Waals surface area contributed by atoms with Crippen LogP contribution in [-0.2, 0) is 23.4 Å². The maximum atomic E-state index is 6.86. The number of rotatable bonds is 2. The summed E-state index contributed by atoms with van der Waals surface area (Å²) < 4.78 is 12.3. The first-order valence-electron chi connectivity index (χ1n) is 12.0. The lowest BCUT2D eigenvalue weighted by Crippen LogP contribution is -2.49. The molecule has 0 fully saturated rings. The summed E-state index contributed by atoms with van der Waals surface area (Å²) in [5.74, 6) is 2.03. The average Bonchev–Trinajstić information content (AvgIpc) is 3.01. The minimum Gasteiger partial charge on any atom is -0.497 e. The van der Waals surface area contributed by atoms with Crippen LogP contribution < -0.4 is 20.9 Å². The Hall–Kier alpha value is -3.71. The van der Waals surface area contributed by atoms with Gasteiger partial charge in [-0.1, -0.05) is 24.3 Å². The molecule has 6 rings (SSSR count). The molecule has 3 aromatic carbocycles. The van der Waals surface area contributed by atoms with Gasteiger partial charge in [-0.25, -0.2) is 14.9 Å². The summed E-state index contributed by atoms with van der Waals surface area (Å²) in [4.78, 5) is 11.3. The number of aryl methyl sites for hydroxylation is 1. The third-order valence-electron chi connectivity index (χ3n) is 7.42. The molecule has 35 heavy (non-hydrogen) atoms. The molecular weight excluding hydrogens is 440 g/mol. The molecule has 0 amide bonds. The van der Waals surface area contributed by atoms with Crippen LogP contribution in [0.4, 0.5) is 5.69 Å². The maximum absolute atomic E-state index is 6.86. The minimum absolute atomic E-state index is 0.362. The van der Waals surface area contributed by atoms with Gasteiger partial charge in [-0.3, -0.25) is 0 Å². The van der Waals surface area contributed by atoms with Crippen LogP contribution in [0.3, 0.4) is 0 Å². The zero-order chi connectivity index (χ0) is 24.2. The summed E-state index contributed by atoms with van der Waals surface area (Å²) in [6.07, 6.45) is 4.22. The lowest BCUT2D eigenvalue weighted by molar-refractivity contribution is -0.204. The Morgan fingerprint density at radius 1 is 1.00 bits per heavy atom. The lowest BCUT2D eigenvalue weighted by atomic mass is 9.78. The highest BCUT2D eigenvalue weighted by Gasteiger charge is 2.54. The van der Waals surface area contributed by atoms with Crippen LogP contribution in [0.1, 0.15) is 36.0 Å². The van der Waals surface area contributed by atoms with E-state index in [2.05, 4.69) is 24.3 Å². The summed E-state index contributed by atoms with van der Waals surface area (Å²) >= 11 is 0. The molecule has 0 saturated carbocycles. The van der Waals surface area contributed by atoms with Crippen LogP contribution in [-0.4, -0.2) is 30.8 Å². The number of benzene rings is 3. The standard InChI is InChI=1S/C28H30N4O3/c1-32-26(30)31-28(35-32)17-27(12-4-6-19-14-23(33-2)10-8-21(19)16-27)34-25-11-9-20(15-24(25)28)18-5-3-7-22(29)13-18/h3,5,7-11,13-15H,4,6,12,16-17,29H2,1-2H3,(H2,30,31). The van der Waals surface area contributed by atoms with Crippen molar-refractivity contribution in [3.63, 3.8) is 0 Å². The molecule has 0 radical (unpaired) electrons. The second-order valence-electron chi connectivity index (χ2n) is 9.81. The Kier molecular flexibility index (Phi) is 4.93. The van der Waals surface area contributed by atoms with E-state index in [9.17, 15) is 0 Å². The predicted molar refractivity (Wildman–Crippen MR) is 136 cm³/mol. The van der Waals surface area contributed by atoms with Crippen molar-refractivity contribution in [3.8, 4) is 22.6 Å². The molecule has 2 unspecified atom stereocenters. The van der Waals surface area contributed by atoms with Gasteiger partial charge in [-0.15, -0.1) is 0 Å². The molecule has 180 valence electrons. The van der Waals surface area contributed by atoms with Crippen molar-refractivity contribution in [3.05, 3.63) is 77.4 Å². The molecule has 7 nitrogen and oxygen atoms in total. The van der Waals surface area contributed by atoms with Crippen molar-refractivity contribution in [2.24, 2.45) is 10.7 Å². The Bertz CT molecular complexity index is 1340. The SMILES string of the molecule is COc1ccc2c(c1)CCCC1(C2)CC2(N=C(N)N(C)O2)c2cc(-c3cccc(N)c3)ccc2O1. The fourth-order valence-electron chi connectivity index (χ4n) is 5.76. The Labute approximate surface area is 205 Å². The van der Waals surface area contributed by atoms with Gasteiger partial charge in [0, 0.05) is 25.6 Å². The van der Waals surface area contributed by atoms with Crippen LogP contribution in [0.25, 0.3) is 11.1 Å². The lowest BCUT2D eigenvalue weighted by Gasteiger charge is -2.45. The van der Waals surface area contributed by atoms with Gasteiger partial charge in [0.2, 0.25) is 11.7 Å². The molecule has 2 aliphatic heterocycles. The van der Waals surface area contributed by atoms with Gasteiger partial charge in [-0.05, 0) is 77.9 Å². The third kappa shape index (κ3) is 3.67. The van der Waals surface area contributed by atoms with E-state index in [1.54, 1.807) is 19.2 Å². The predicted octanol–water partition coefficient (Wildman–Crippen LogP) is 4.39. The summed E-state index contributed by atoms with van der Waals surface area (Å²) in [5.41, 5.74) is 17.2. The first kappa shape index (κ1) is 21.8. The molecule has 0 saturated heterocycles. The van der Waals surface area contributed by atoms with E-state index in [0.717, 1.165) is 59.6 Å². The van der Waals surface area contributed by atoms with Crippen molar-refractivity contribution < 1.29 is 14.3 Å². The zero-order valence-electron chi connectivity index (χ0n) is 20.1. The number of nitrogens with two attached hydrogens (primary N) is 2. The molecule has 3 aliphatic rings. The number of aliphatic imine (C=N–C) groups is 1. The van der Waals surface area contributed by atoms with Gasteiger partial charge in [0.25, 0.3) is 0 Å². The molecule has 4 N–H and O–H groups in total. The number of nitrogens with zero attached hydrogens (tertiary/aromatic N) is 2. The van der Waals surface area contributed by atoms with Crippen LogP contribution in [0.2, 0.25) is 0 Å². The van der Waals surface area contributed by atoms with Crippen LogP contribution in [0, 0.1) is 0 Å². The highest BCUT2D eigenvalue weighted by Crippen LogP contribution is 2.53. The van der Waals surface area contributed by atoms with Crippen molar-refractivity contribution in [1.29, 1.82) is 0 Å². The minimum atomic E-state index is -0.945. The number of guanidine groups is 1. The van der Waals surface area contributed by atoms with Gasteiger partial charge < -0.3 is 20.9 Å². The Morgan fingerprint density at radius 2 is 1.86 bits per heavy atom. The van der Waals surface area contributed by atoms with E-state index >= 15 is 0 Å². The molecule has 0 aromatic heterocycles. The first-order valence-corrected chi connectivity index (χ1v) is 12.0. The highest BCUT2D eigenvalue weighted by atomic mass is 16.7. The fraction of sp³-hybridized carbons (Fsp3) is 0.321. The number of hydroxylamine groups is 2. The van der Waals surface area contributed by atoms with E-state index in [1.807, 2.05) is 36.4 Å². The van der Waals surface area contributed by atoms with E-state index in [4.69, 9.17) is 30.8 Å². The molecular formula is C28H30N4O3. The molecule has 0 bridgehead atoms. The summed E-state index contributed by atoms with van der Waals surface area (Å²) in [5, 5.41) is 1.56. The largest absolute Gasteiger partial charge is 0.497 e. The molecule has 7 heteroatoms. The number of anilines is 1. The van der Waals surface area contributed by atoms with E-state index < -0.39 is 11.3 Å². The van der Waals surface area contributed by atoms with Crippen molar-refractivity contribution in [2.75, 3.05) is 19.9 Å². The zero-order valence-corrected chi connectivity index (χ0v) is 20.1. The van der Waals surface area contributed by atoms with Crippen LogP contribution >= 0.6 is 0 Å². The second kappa shape index (κ2) is 7.92. The normalized spacial score (nSPS) is 25.0. The number of hydrogen-bond acceptors (Lipinski definition) is 7. The maximum Gasteiger partial charge on any atom is 0.222 e. The summed E-state index contributed by atoms with van der Waals surface area (Å²) in [7, 11) is 3.51. The number of ether oxygens (including phenoxy) is 2. The van der Waals surface area contributed by atoms with Gasteiger partial charge in [0.15, 0.2) is 0 Å². The Balaban J connectivity index is 1.45. The molecule has 2 spiro atoms. The molecule has 2 heterocycles.